The van der Waals surface area contributed by atoms with Crippen molar-refractivity contribution in [3.63, 3.8) is 0 Å². The fourth-order valence-corrected chi connectivity index (χ4v) is 1.95. The summed E-state index contributed by atoms with van der Waals surface area (Å²) in [5.74, 6) is -0.824. The van der Waals surface area contributed by atoms with Gasteiger partial charge in [-0.2, -0.15) is 0 Å². The monoisotopic (exact) mass is 277 g/mol. The molecular formula is C16H23NO3. The van der Waals surface area contributed by atoms with Crippen molar-refractivity contribution in [1.82, 2.24) is 5.32 Å². The highest BCUT2D eigenvalue weighted by molar-refractivity contribution is 5.75. The number of carbonyl (C=O) groups is 2. The number of aryl methyl sites for hydroxylation is 2. The Kier molecular flexibility index (Phi) is 7.40. The second kappa shape index (κ2) is 9.13. The number of amides is 1. The van der Waals surface area contributed by atoms with E-state index in [-0.39, 0.29) is 12.3 Å². The third-order valence-electron chi connectivity index (χ3n) is 3.19. The minimum absolute atomic E-state index is 0.000525. The van der Waals surface area contributed by atoms with Gasteiger partial charge in [0.25, 0.3) is 0 Å². The Morgan fingerprint density at radius 1 is 1.05 bits per heavy atom. The molecule has 0 radical (unpaired) electrons. The lowest BCUT2D eigenvalue weighted by atomic mass is 10.0. The average Bonchev–Trinajstić information content (AvgIpc) is 2.44. The third kappa shape index (κ3) is 6.92. The Balaban J connectivity index is 2.13. The van der Waals surface area contributed by atoms with Crippen LogP contribution in [0.5, 0.6) is 0 Å². The van der Waals surface area contributed by atoms with E-state index in [0.29, 0.717) is 19.4 Å². The van der Waals surface area contributed by atoms with Crippen molar-refractivity contribution < 1.29 is 14.7 Å². The van der Waals surface area contributed by atoms with Crippen molar-refractivity contribution in [3.05, 3.63) is 35.4 Å². The molecule has 0 unspecified atom stereocenters. The number of hydrogen-bond acceptors (Lipinski definition) is 2. The fraction of sp³-hybridized carbons (Fsp3) is 0.500. The van der Waals surface area contributed by atoms with E-state index in [9.17, 15) is 9.59 Å². The molecule has 4 heteroatoms. The van der Waals surface area contributed by atoms with Crippen molar-refractivity contribution in [2.24, 2.45) is 0 Å². The number of carbonyl (C=O) groups excluding carboxylic acids is 1. The van der Waals surface area contributed by atoms with Crippen molar-refractivity contribution in [3.8, 4) is 0 Å². The first-order valence-electron chi connectivity index (χ1n) is 7.18. The van der Waals surface area contributed by atoms with E-state index in [0.717, 1.165) is 19.3 Å². The van der Waals surface area contributed by atoms with Crippen molar-refractivity contribution in [1.29, 1.82) is 0 Å². The second-order valence-electron chi connectivity index (χ2n) is 4.87. The van der Waals surface area contributed by atoms with Crippen LogP contribution in [0.15, 0.2) is 24.3 Å². The van der Waals surface area contributed by atoms with E-state index in [1.807, 2.05) is 0 Å². The summed E-state index contributed by atoms with van der Waals surface area (Å²) in [6, 6.07) is 8.48. The predicted octanol–water partition coefficient (Wildman–Crippen LogP) is 2.55. The molecule has 0 heterocycles. The van der Waals surface area contributed by atoms with E-state index in [4.69, 9.17) is 5.11 Å². The molecule has 1 aromatic rings. The van der Waals surface area contributed by atoms with Crippen LogP contribution in [-0.2, 0) is 22.4 Å². The summed E-state index contributed by atoms with van der Waals surface area (Å²) in [7, 11) is 0. The van der Waals surface area contributed by atoms with Gasteiger partial charge in [0, 0.05) is 19.4 Å². The molecule has 20 heavy (non-hydrogen) atoms. The Hall–Kier alpha value is -1.84. The first kappa shape index (κ1) is 16.2. The van der Waals surface area contributed by atoms with Crippen LogP contribution in [0.3, 0.4) is 0 Å². The van der Waals surface area contributed by atoms with Crippen LogP contribution in [-0.4, -0.2) is 23.5 Å². The molecule has 0 aliphatic carbocycles. The summed E-state index contributed by atoms with van der Waals surface area (Å²) >= 11 is 0. The molecule has 0 spiro atoms. The fourth-order valence-electron chi connectivity index (χ4n) is 1.95. The van der Waals surface area contributed by atoms with E-state index < -0.39 is 5.97 Å². The first-order valence-corrected chi connectivity index (χ1v) is 7.18. The van der Waals surface area contributed by atoms with Gasteiger partial charge in [0.05, 0.1) is 0 Å². The molecule has 2 N–H and O–H groups in total. The van der Waals surface area contributed by atoms with Crippen LogP contribution < -0.4 is 5.32 Å². The number of carboxylic acids is 1. The van der Waals surface area contributed by atoms with E-state index >= 15 is 0 Å². The summed E-state index contributed by atoms with van der Waals surface area (Å²) in [5, 5.41) is 11.2. The van der Waals surface area contributed by atoms with Crippen LogP contribution in [0.4, 0.5) is 0 Å². The molecule has 0 aliphatic heterocycles. The second-order valence-corrected chi connectivity index (χ2v) is 4.87. The zero-order valence-corrected chi connectivity index (χ0v) is 12.0. The maximum atomic E-state index is 11.5. The summed E-state index contributed by atoms with van der Waals surface area (Å²) in [6.45, 7) is 2.57. The molecule has 4 nitrogen and oxygen atoms in total. The van der Waals surface area contributed by atoms with Gasteiger partial charge in [-0.1, -0.05) is 31.2 Å². The van der Waals surface area contributed by atoms with Gasteiger partial charge in [-0.25, -0.2) is 0 Å². The van der Waals surface area contributed by atoms with Gasteiger partial charge in [0.2, 0.25) is 5.91 Å². The van der Waals surface area contributed by atoms with Crippen molar-refractivity contribution in [2.45, 2.75) is 45.4 Å². The zero-order valence-electron chi connectivity index (χ0n) is 12.0. The van der Waals surface area contributed by atoms with Crippen LogP contribution in [0.1, 0.15) is 43.7 Å². The van der Waals surface area contributed by atoms with Gasteiger partial charge < -0.3 is 10.4 Å². The van der Waals surface area contributed by atoms with Gasteiger partial charge in [-0.15, -0.1) is 0 Å². The minimum Gasteiger partial charge on any atom is -0.481 e. The maximum absolute atomic E-state index is 11.5. The van der Waals surface area contributed by atoms with Crippen molar-refractivity contribution >= 4 is 11.9 Å². The third-order valence-corrected chi connectivity index (χ3v) is 3.19. The minimum atomic E-state index is -0.824. The highest BCUT2D eigenvalue weighted by Gasteiger charge is 2.02. The standard InChI is InChI=1S/C16H23NO3/c1-2-13-8-10-14(11-9-13)5-3-6-15(18)17-12-4-7-16(19)20/h8-11H,2-7,12H2,1H3,(H,17,18)(H,19,20). The molecule has 1 aromatic carbocycles. The smallest absolute Gasteiger partial charge is 0.303 e. The van der Waals surface area contributed by atoms with Gasteiger partial charge in [-0.3, -0.25) is 9.59 Å². The molecule has 0 saturated carbocycles. The largest absolute Gasteiger partial charge is 0.481 e. The highest BCUT2D eigenvalue weighted by atomic mass is 16.4. The number of nitrogens with one attached hydrogen (secondary N) is 1. The van der Waals surface area contributed by atoms with Gasteiger partial charge >= 0.3 is 5.97 Å². The van der Waals surface area contributed by atoms with Gasteiger partial charge in [0.15, 0.2) is 0 Å². The molecule has 1 rings (SSSR count). The lowest BCUT2D eigenvalue weighted by Gasteiger charge is -2.05. The predicted molar refractivity (Wildman–Crippen MR) is 78.6 cm³/mol. The molecule has 0 fully saturated rings. The summed E-state index contributed by atoms with van der Waals surface area (Å²) in [6.07, 6.45) is 3.83. The number of rotatable bonds is 9. The average molecular weight is 277 g/mol. The van der Waals surface area contributed by atoms with E-state index in [2.05, 4.69) is 36.5 Å². The SMILES string of the molecule is CCc1ccc(CCCC(=O)NCCCC(=O)O)cc1. The molecule has 1 amide bonds. The Labute approximate surface area is 120 Å². The molecule has 0 aromatic heterocycles. The molecule has 0 bridgehead atoms. The van der Waals surface area contributed by atoms with Gasteiger partial charge in [-0.05, 0) is 36.8 Å². The number of hydrogen-bond donors (Lipinski definition) is 2. The number of carboxylic acid groups (broad SMARTS) is 1. The quantitative estimate of drug-likeness (QED) is 0.682. The number of aliphatic carboxylic acids is 1. The first-order chi connectivity index (χ1) is 9.61. The Morgan fingerprint density at radius 3 is 2.30 bits per heavy atom. The molecule has 110 valence electrons. The topological polar surface area (TPSA) is 66.4 Å². The lowest BCUT2D eigenvalue weighted by molar-refractivity contribution is -0.137. The lowest BCUT2D eigenvalue weighted by Crippen LogP contribution is -2.24. The Bertz CT molecular complexity index is 426. The summed E-state index contributed by atoms with van der Waals surface area (Å²) in [5.41, 5.74) is 2.57. The number of benzene rings is 1. The molecule has 0 saturated heterocycles. The zero-order chi connectivity index (χ0) is 14.8. The van der Waals surface area contributed by atoms with Gasteiger partial charge in [0.1, 0.15) is 0 Å². The summed E-state index contributed by atoms with van der Waals surface area (Å²) in [4.78, 5) is 21.8. The molecule has 0 atom stereocenters. The molecule has 0 aliphatic rings. The Morgan fingerprint density at radius 2 is 1.70 bits per heavy atom. The van der Waals surface area contributed by atoms with E-state index in [1.54, 1.807) is 0 Å². The summed E-state index contributed by atoms with van der Waals surface area (Å²) < 4.78 is 0. The molecular weight excluding hydrogens is 254 g/mol. The maximum Gasteiger partial charge on any atom is 0.303 e. The van der Waals surface area contributed by atoms with Crippen LogP contribution >= 0.6 is 0 Å². The highest BCUT2D eigenvalue weighted by Crippen LogP contribution is 2.08. The normalized spacial score (nSPS) is 10.2. The van der Waals surface area contributed by atoms with Crippen LogP contribution in [0.25, 0.3) is 0 Å². The van der Waals surface area contributed by atoms with Crippen molar-refractivity contribution in [2.75, 3.05) is 6.54 Å². The van der Waals surface area contributed by atoms with E-state index in [1.165, 1.54) is 11.1 Å². The van der Waals surface area contributed by atoms with Crippen LogP contribution in [0, 0.1) is 0 Å². The van der Waals surface area contributed by atoms with Crippen LogP contribution in [0.2, 0.25) is 0 Å².